The van der Waals surface area contributed by atoms with Crippen LogP contribution in [-0.4, -0.2) is 30.3 Å². The summed E-state index contributed by atoms with van der Waals surface area (Å²) in [5, 5.41) is 10.7. The van der Waals surface area contributed by atoms with E-state index >= 15 is 0 Å². The molecule has 6 heteroatoms. The predicted octanol–water partition coefficient (Wildman–Crippen LogP) is 3.23. The van der Waals surface area contributed by atoms with Gasteiger partial charge in [-0.25, -0.2) is 18.5 Å². The van der Waals surface area contributed by atoms with E-state index in [-0.39, 0.29) is 12.4 Å². The van der Waals surface area contributed by atoms with Crippen molar-refractivity contribution in [2.75, 3.05) is 12.4 Å². The van der Waals surface area contributed by atoms with E-state index in [4.69, 9.17) is 0 Å². The molecule has 1 rings (SSSR count). The zero-order chi connectivity index (χ0) is 15.6. The summed E-state index contributed by atoms with van der Waals surface area (Å²) in [6.45, 7) is 2.79. The van der Waals surface area contributed by atoms with Crippen molar-refractivity contribution in [3.63, 3.8) is 0 Å². The van der Waals surface area contributed by atoms with E-state index in [1.54, 1.807) is 10.9 Å². The van der Waals surface area contributed by atoms with E-state index in [1.165, 1.54) is 19.0 Å². The molecule has 0 aromatic carbocycles. The first kappa shape index (κ1) is 18.2. The minimum atomic E-state index is -3.26. The third kappa shape index (κ3) is 6.61. The van der Waals surface area contributed by atoms with Gasteiger partial charge in [0.25, 0.3) is 0 Å². The maximum atomic E-state index is 12.3. The van der Waals surface area contributed by atoms with E-state index in [0.29, 0.717) is 24.4 Å². The highest BCUT2D eigenvalue weighted by molar-refractivity contribution is 7.91. The molecular weight excluding hydrogens is 288 g/mol. The van der Waals surface area contributed by atoms with Crippen LogP contribution in [0.3, 0.4) is 0 Å². The molecule has 1 heterocycles. The minimum absolute atomic E-state index is 0.0721. The summed E-state index contributed by atoms with van der Waals surface area (Å²) < 4.78 is 26.4. The lowest BCUT2D eigenvalue weighted by Crippen LogP contribution is -2.13. The Morgan fingerprint density at radius 1 is 1.05 bits per heavy atom. The van der Waals surface area contributed by atoms with Crippen LogP contribution in [-0.2, 0) is 21.5 Å². The van der Waals surface area contributed by atoms with Gasteiger partial charge in [0.05, 0.1) is 24.9 Å². The van der Waals surface area contributed by atoms with Crippen molar-refractivity contribution in [3.8, 4) is 0 Å². The zero-order valence-electron chi connectivity index (χ0n) is 13.0. The van der Waals surface area contributed by atoms with Gasteiger partial charge in [-0.05, 0) is 19.3 Å². The Balaban J connectivity index is 2.48. The fraction of sp³-hybridized carbons (Fsp3) is 0.800. The van der Waals surface area contributed by atoms with Crippen molar-refractivity contribution in [2.45, 2.75) is 69.9 Å². The monoisotopic (exact) mass is 315 g/mol. The summed E-state index contributed by atoms with van der Waals surface area (Å²) in [7, 11) is -3.26. The van der Waals surface area contributed by atoms with Crippen molar-refractivity contribution in [3.05, 3.63) is 12.5 Å². The standard InChI is InChI=1S/C15H27N2O3S/c1-2-3-4-7-10-17-14-16-13-15(17)21(19,20)12-9-6-5-8-11-18/h13-14H,2-12H2,1H3. The molecule has 0 atom stereocenters. The van der Waals surface area contributed by atoms with Crippen LogP contribution in [0.1, 0.15) is 58.3 Å². The molecule has 0 amide bonds. The van der Waals surface area contributed by atoms with Crippen molar-refractivity contribution in [1.29, 1.82) is 0 Å². The van der Waals surface area contributed by atoms with Gasteiger partial charge in [-0.15, -0.1) is 0 Å². The first-order valence-electron chi connectivity index (χ1n) is 7.93. The molecule has 0 saturated carbocycles. The molecule has 121 valence electrons. The first-order valence-corrected chi connectivity index (χ1v) is 9.58. The van der Waals surface area contributed by atoms with E-state index in [0.717, 1.165) is 25.7 Å². The van der Waals surface area contributed by atoms with Crippen LogP contribution >= 0.6 is 0 Å². The van der Waals surface area contributed by atoms with Crippen molar-refractivity contribution in [2.24, 2.45) is 0 Å². The first-order chi connectivity index (χ1) is 10.1. The Kier molecular flexibility index (Phi) is 8.61. The van der Waals surface area contributed by atoms with Crippen molar-refractivity contribution < 1.29 is 13.5 Å². The third-order valence-corrected chi connectivity index (χ3v) is 5.36. The Morgan fingerprint density at radius 3 is 2.48 bits per heavy atom. The van der Waals surface area contributed by atoms with Gasteiger partial charge >= 0.3 is 0 Å². The lowest BCUT2D eigenvalue weighted by Gasteiger charge is -2.09. The fourth-order valence-corrected chi connectivity index (χ4v) is 3.81. The molecule has 1 aromatic rings. The highest BCUT2D eigenvalue weighted by atomic mass is 32.2. The van der Waals surface area contributed by atoms with Gasteiger partial charge in [-0.3, -0.25) is 0 Å². The van der Waals surface area contributed by atoms with Gasteiger partial charge in [0, 0.05) is 6.54 Å². The molecule has 21 heavy (non-hydrogen) atoms. The van der Waals surface area contributed by atoms with Gasteiger partial charge in [-0.2, -0.15) is 0 Å². The average Bonchev–Trinajstić information content (AvgIpc) is 2.93. The molecule has 0 unspecified atom stereocenters. The highest BCUT2D eigenvalue weighted by Gasteiger charge is 2.18. The molecular formula is C15H27N2O3S. The highest BCUT2D eigenvalue weighted by Crippen LogP contribution is 2.15. The van der Waals surface area contributed by atoms with Gasteiger partial charge in [-0.1, -0.05) is 39.0 Å². The molecule has 0 aliphatic heterocycles. The maximum Gasteiger partial charge on any atom is 0.195 e. The van der Waals surface area contributed by atoms with Gasteiger partial charge in [0.2, 0.25) is 0 Å². The second kappa shape index (κ2) is 9.95. The topological polar surface area (TPSA) is 71.9 Å². The molecule has 1 radical (unpaired) electrons. The number of unbranched alkanes of at least 4 members (excludes halogenated alkanes) is 6. The number of hydrogen-bond acceptors (Lipinski definition) is 3. The van der Waals surface area contributed by atoms with E-state index in [1.807, 2.05) is 0 Å². The van der Waals surface area contributed by atoms with Crippen LogP contribution in [0.4, 0.5) is 0 Å². The molecule has 0 fully saturated rings. The van der Waals surface area contributed by atoms with Gasteiger partial charge in [0.15, 0.2) is 14.9 Å². The summed E-state index contributed by atoms with van der Waals surface area (Å²) in [6, 6.07) is 0. The second-order valence-corrected chi connectivity index (χ2v) is 7.48. The zero-order valence-corrected chi connectivity index (χ0v) is 13.8. The van der Waals surface area contributed by atoms with E-state index < -0.39 is 9.84 Å². The lowest BCUT2D eigenvalue weighted by atomic mass is 10.2. The Morgan fingerprint density at radius 2 is 1.76 bits per heavy atom. The number of hydrogen-bond donors (Lipinski definition) is 0. The summed E-state index contributed by atoms with van der Waals surface area (Å²) in [6.07, 6.45) is 10.4. The Labute approximate surface area is 128 Å². The molecule has 0 N–H and O–H groups in total. The number of sulfone groups is 1. The normalized spacial score (nSPS) is 11.9. The minimum Gasteiger partial charge on any atom is -0.322 e. The summed E-state index contributed by atoms with van der Waals surface area (Å²) >= 11 is 0. The predicted molar refractivity (Wildman–Crippen MR) is 82.4 cm³/mol. The Hall–Kier alpha value is -0.880. The van der Waals surface area contributed by atoms with E-state index in [2.05, 4.69) is 11.9 Å². The summed E-state index contributed by atoms with van der Waals surface area (Å²) in [5.41, 5.74) is 0. The van der Waals surface area contributed by atoms with Crippen molar-refractivity contribution in [1.82, 2.24) is 9.55 Å². The van der Waals surface area contributed by atoms with Crippen LogP contribution in [0.2, 0.25) is 0 Å². The van der Waals surface area contributed by atoms with Crippen LogP contribution in [0.15, 0.2) is 17.6 Å². The number of imidazole rings is 1. The molecule has 5 nitrogen and oxygen atoms in total. The largest absolute Gasteiger partial charge is 0.322 e. The van der Waals surface area contributed by atoms with Crippen LogP contribution < -0.4 is 0 Å². The number of aryl methyl sites for hydroxylation is 1. The molecule has 1 aromatic heterocycles. The number of nitrogens with zero attached hydrogens (tertiary/aromatic N) is 2. The van der Waals surface area contributed by atoms with Crippen molar-refractivity contribution >= 4 is 9.84 Å². The molecule has 0 aliphatic carbocycles. The van der Waals surface area contributed by atoms with Crippen LogP contribution in [0.25, 0.3) is 0 Å². The summed E-state index contributed by atoms with van der Waals surface area (Å²) in [4.78, 5) is 3.99. The third-order valence-electron chi connectivity index (χ3n) is 3.55. The fourth-order valence-electron chi connectivity index (χ4n) is 2.30. The summed E-state index contributed by atoms with van der Waals surface area (Å²) in [5.74, 6) is 0.145. The van der Waals surface area contributed by atoms with Crippen LogP contribution in [0.5, 0.6) is 0 Å². The molecule has 0 aliphatic rings. The van der Waals surface area contributed by atoms with Crippen LogP contribution in [0, 0.1) is 0 Å². The number of rotatable bonds is 12. The molecule has 0 spiro atoms. The van der Waals surface area contributed by atoms with Gasteiger partial charge in [0.1, 0.15) is 0 Å². The quantitative estimate of drug-likeness (QED) is 0.556. The van der Waals surface area contributed by atoms with Gasteiger partial charge < -0.3 is 4.57 Å². The molecule has 0 bridgehead atoms. The SMILES string of the molecule is CCCCCCn1cncc1S(=O)(=O)CCCCCC[O]. The number of aromatic nitrogens is 2. The smallest absolute Gasteiger partial charge is 0.195 e. The average molecular weight is 315 g/mol. The lowest BCUT2D eigenvalue weighted by molar-refractivity contribution is 0.186. The van der Waals surface area contributed by atoms with E-state index in [9.17, 15) is 13.5 Å². The Bertz CT molecular complexity index is 483. The maximum absolute atomic E-state index is 12.3. The second-order valence-electron chi connectivity index (χ2n) is 5.42. The molecule has 0 saturated heterocycles.